The first-order valence-corrected chi connectivity index (χ1v) is 9.96. The Balaban J connectivity index is 1.67. The van der Waals surface area contributed by atoms with Gasteiger partial charge in [-0.25, -0.2) is 0 Å². The van der Waals surface area contributed by atoms with Crippen LogP contribution < -0.4 is 4.74 Å². The van der Waals surface area contributed by atoms with E-state index in [-0.39, 0.29) is 0 Å². The number of para-hydroxylation sites is 1. The average molecular weight is 374 g/mol. The smallest absolute Gasteiger partial charge is 0.128 e. The van der Waals surface area contributed by atoms with Crippen LogP contribution in [0.15, 0.2) is 97.1 Å². The molecular formula is C28H22O. The van der Waals surface area contributed by atoms with Gasteiger partial charge in [0.2, 0.25) is 0 Å². The Labute approximate surface area is 171 Å². The van der Waals surface area contributed by atoms with Crippen LogP contribution in [-0.2, 0) is 0 Å². The topological polar surface area (TPSA) is 9.23 Å². The van der Waals surface area contributed by atoms with Crippen molar-refractivity contribution in [1.29, 1.82) is 0 Å². The lowest BCUT2D eigenvalue weighted by molar-refractivity contribution is 0.483. The second-order valence-corrected chi connectivity index (χ2v) is 7.50. The van der Waals surface area contributed by atoms with Crippen molar-refractivity contribution >= 4 is 21.5 Å². The molecule has 5 aromatic carbocycles. The summed E-state index contributed by atoms with van der Waals surface area (Å²) in [5, 5.41) is 5.11. The molecular weight excluding hydrogens is 352 g/mol. The molecule has 0 aromatic heterocycles. The van der Waals surface area contributed by atoms with E-state index in [0.717, 1.165) is 11.5 Å². The number of ether oxygens (including phenoxy) is 1. The quantitative estimate of drug-likeness (QED) is 0.290. The second kappa shape index (κ2) is 7.10. The zero-order valence-electron chi connectivity index (χ0n) is 16.6. The zero-order valence-corrected chi connectivity index (χ0v) is 16.6. The minimum absolute atomic E-state index is 0.856. The molecule has 0 N–H and O–H groups in total. The van der Waals surface area contributed by atoms with Crippen molar-refractivity contribution in [3.05, 3.63) is 108 Å². The molecule has 1 heteroatoms. The number of rotatable bonds is 3. The third-order valence-corrected chi connectivity index (χ3v) is 5.76. The number of hydrogen-bond acceptors (Lipinski definition) is 1. The normalized spacial score (nSPS) is 11.1. The van der Waals surface area contributed by atoms with E-state index in [4.69, 9.17) is 4.74 Å². The maximum atomic E-state index is 6.07. The molecule has 5 rings (SSSR count). The summed E-state index contributed by atoms with van der Waals surface area (Å²) >= 11 is 0. The van der Waals surface area contributed by atoms with E-state index < -0.39 is 0 Å². The zero-order chi connectivity index (χ0) is 19.8. The van der Waals surface area contributed by atoms with Gasteiger partial charge in [0.15, 0.2) is 0 Å². The first-order chi connectivity index (χ1) is 14.2. The minimum atomic E-state index is 0.856. The van der Waals surface area contributed by atoms with Gasteiger partial charge < -0.3 is 4.74 Å². The summed E-state index contributed by atoms with van der Waals surface area (Å²) in [6, 6.07) is 33.7. The van der Waals surface area contributed by atoms with Gasteiger partial charge in [-0.15, -0.1) is 0 Å². The molecule has 1 nitrogen and oxygen atoms in total. The van der Waals surface area contributed by atoms with E-state index >= 15 is 0 Å². The van der Waals surface area contributed by atoms with Crippen LogP contribution in [0, 0.1) is 13.8 Å². The average Bonchev–Trinajstić information content (AvgIpc) is 2.78. The van der Waals surface area contributed by atoms with E-state index in [2.05, 4.69) is 80.6 Å². The molecule has 0 heterocycles. The highest BCUT2D eigenvalue weighted by molar-refractivity contribution is 6.11. The summed E-state index contributed by atoms with van der Waals surface area (Å²) in [6.07, 6.45) is 0. The van der Waals surface area contributed by atoms with Gasteiger partial charge >= 0.3 is 0 Å². The van der Waals surface area contributed by atoms with Crippen LogP contribution in [0.1, 0.15) is 11.1 Å². The SMILES string of the molecule is Cc1c(C)c2cc(-c3ccccc3)ccc2c2ccc(Oc3ccccc3)cc12. The molecule has 0 amide bonds. The number of aryl methyl sites for hydroxylation is 2. The van der Waals surface area contributed by atoms with Crippen molar-refractivity contribution in [2.75, 3.05) is 0 Å². The van der Waals surface area contributed by atoms with Crippen molar-refractivity contribution in [2.45, 2.75) is 13.8 Å². The highest BCUT2D eigenvalue weighted by Gasteiger charge is 2.11. The molecule has 0 aliphatic rings. The van der Waals surface area contributed by atoms with Crippen molar-refractivity contribution in [3.8, 4) is 22.6 Å². The van der Waals surface area contributed by atoms with Crippen LogP contribution >= 0.6 is 0 Å². The molecule has 0 radical (unpaired) electrons. The highest BCUT2D eigenvalue weighted by atomic mass is 16.5. The third-order valence-electron chi connectivity index (χ3n) is 5.76. The minimum Gasteiger partial charge on any atom is -0.457 e. The number of benzene rings is 5. The van der Waals surface area contributed by atoms with E-state index in [9.17, 15) is 0 Å². The number of hydrogen-bond donors (Lipinski definition) is 0. The molecule has 0 fully saturated rings. The summed E-state index contributed by atoms with van der Waals surface area (Å²) < 4.78 is 6.07. The Bertz CT molecular complexity index is 1320. The molecule has 0 saturated carbocycles. The van der Waals surface area contributed by atoms with Crippen LogP contribution in [0.2, 0.25) is 0 Å². The fourth-order valence-corrected chi connectivity index (χ4v) is 4.06. The van der Waals surface area contributed by atoms with Crippen molar-refractivity contribution < 1.29 is 4.74 Å². The van der Waals surface area contributed by atoms with Crippen molar-refractivity contribution in [2.24, 2.45) is 0 Å². The Morgan fingerprint density at radius 3 is 1.72 bits per heavy atom. The maximum absolute atomic E-state index is 6.07. The van der Waals surface area contributed by atoms with Gasteiger partial charge in [0.25, 0.3) is 0 Å². The molecule has 0 bridgehead atoms. The lowest BCUT2D eigenvalue weighted by atomic mass is 9.91. The van der Waals surface area contributed by atoms with E-state index in [0.29, 0.717) is 0 Å². The fraction of sp³-hybridized carbons (Fsp3) is 0.0714. The first kappa shape index (κ1) is 17.5. The predicted octanol–water partition coefficient (Wildman–Crippen LogP) is 8.07. The third kappa shape index (κ3) is 3.15. The molecule has 0 saturated heterocycles. The predicted molar refractivity (Wildman–Crippen MR) is 123 cm³/mol. The van der Waals surface area contributed by atoms with Crippen LogP contribution in [0.4, 0.5) is 0 Å². The summed E-state index contributed by atoms with van der Waals surface area (Å²) in [5.74, 6) is 1.72. The van der Waals surface area contributed by atoms with Crippen LogP contribution in [0.3, 0.4) is 0 Å². The lowest BCUT2D eigenvalue weighted by Crippen LogP contribution is -1.91. The van der Waals surface area contributed by atoms with Crippen LogP contribution in [0.5, 0.6) is 11.5 Å². The van der Waals surface area contributed by atoms with E-state index in [1.54, 1.807) is 0 Å². The van der Waals surface area contributed by atoms with Gasteiger partial charge in [-0.2, -0.15) is 0 Å². The number of fused-ring (bicyclic) bond motifs is 3. The Kier molecular flexibility index (Phi) is 4.29. The molecule has 0 aliphatic carbocycles. The molecule has 0 atom stereocenters. The van der Waals surface area contributed by atoms with Gasteiger partial charge in [-0.3, -0.25) is 0 Å². The van der Waals surface area contributed by atoms with Gasteiger partial charge in [-0.05, 0) is 88.0 Å². The lowest BCUT2D eigenvalue weighted by Gasteiger charge is -2.15. The molecule has 140 valence electrons. The largest absolute Gasteiger partial charge is 0.457 e. The Morgan fingerprint density at radius 1 is 0.448 bits per heavy atom. The summed E-state index contributed by atoms with van der Waals surface area (Å²) in [6.45, 7) is 4.43. The summed E-state index contributed by atoms with van der Waals surface area (Å²) in [5.41, 5.74) is 5.13. The Hall–Kier alpha value is -3.58. The molecule has 5 aromatic rings. The van der Waals surface area contributed by atoms with Crippen molar-refractivity contribution in [3.63, 3.8) is 0 Å². The van der Waals surface area contributed by atoms with Crippen LogP contribution in [0.25, 0.3) is 32.7 Å². The second-order valence-electron chi connectivity index (χ2n) is 7.50. The molecule has 0 spiro atoms. The summed E-state index contributed by atoms with van der Waals surface area (Å²) in [4.78, 5) is 0. The van der Waals surface area contributed by atoms with Gasteiger partial charge in [-0.1, -0.05) is 66.7 Å². The van der Waals surface area contributed by atoms with Gasteiger partial charge in [0.05, 0.1) is 0 Å². The van der Waals surface area contributed by atoms with Gasteiger partial charge in [0.1, 0.15) is 11.5 Å². The van der Waals surface area contributed by atoms with Gasteiger partial charge in [0, 0.05) is 0 Å². The van der Waals surface area contributed by atoms with E-state index in [1.165, 1.54) is 43.8 Å². The standard InChI is InChI=1S/C28H22O/c1-19-20(2)28-18-24(29-23-11-7-4-8-12-23)14-16-26(28)25-15-13-22(17-27(19)25)21-9-5-3-6-10-21/h3-18H,1-2H3. The molecule has 0 unspecified atom stereocenters. The fourth-order valence-electron chi connectivity index (χ4n) is 4.06. The van der Waals surface area contributed by atoms with E-state index in [1.807, 2.05) is 30.3 Å². The highest BCUT2D eigenvalue weighted by Crippen LogP contribution is 2.37. The monoisotopic (exact) mass is 374 g/mol. The van der Waals surface area contributed by atoms with Crippen LogP contribution in [-0.4, -0.2) is 0 Å². The first-order valence-electron chi connectivity index (χ1n) is 9.96. The Morgan fingerprint density at radius 2 is 1.03 bits per heavy atom. The summed E-state index contributed by atoms with van der Waals surface area (Å²) in [7, 11) is 0. The molecule has 29 heavy (non-hydrogen) atoms. The molecule has 0 aliphatic heterocycles. The maximum Gasteiger partial charge on any atom is 0.128 e. The van der Waals surface area contributed by atoms with Crippen molar-refractivity contribution in [1.82, 2.24) is 0 Å².